The largest absolute Gasteiger partial charge is 0.478 e. The second-order valence-electron chi connectivity index (χ2n) is 10.5. The molecule has 10 heteroatoms. The number of carbonyl (C=O) groups is 2. The lowest BCUT2D eigenvalue weighted by Gasteiger charge is -2.29. The summed E-state index contributed by atoms with van der Waals surface area (Å²) in [6, 6.07) is 17.4. The van der Waals surface area contributed by atoms with Crippen molar-refractivity contribution in [3.05, 3.63) is 71.9 Å². The average molecular weight is 529 g/mol. The Hall–Kier alpha value is -4.44. The van der Waals surface area contributed by atoms with Gasteiger partial charge >= 0.3 is 12.0 Å². The van der Waals surface area contributed by atoms with Gasteiger partial charge in [-0.2, -0.15) is 0 Å². The summed E-state index contributed by atoms with van der Waals surface area (Å²) >= 11 is 0. The van der Waals surface area contributed by atoms with Gasteiger partial charge in [-0.05, 0) is 60.7 Å². The van der Waals surface area contributed by atoms with Gasteiger partial charge in [-0.1, -0.05) is 20.8 Å². The van der Waals surface area contributed by atoms with E-state index in [0.717, 1.165) is 35.7 Å². The molecule has 3 heterocycles. The normalized spacial score (nSPS) is 13.9. The number of benzene rings is 2. The number of hydrogen-bond donors (Lipinski definition) is 2. The van der Waals surface area contributed by atoms with Gasteiger partial charge < -0.3 is 20.1 Å². The zero-order valence-corrected chi connectivity index (χ0v) is 22.5. The fraction of sp³-hybridized carbons (Fsp3) is 0.310. The SMILES string of the molecule is CN(C(=O)Nc1ccc(-c2nc(N3CCOCC3)c3ccc(C(C)(C)C)n3n2)cc1)c1ccc(C(=O)O)cc1. The molecule has 2 aromatic carbocycles. The molecule has 1 fully saturated rings. The molecule has 1 saturated heterocycles. The second kappa shape index (κ2) is 10.4. The third-order valence-corrected chi connectivity index (χ3v) is 6.77. The van der Waals surface area contributed by atoms with Crippen molar-refractivity contribution < 1.29 is 19.4 Å². The van der Waals surface area contributed by atoms with E-state index < -0.39 is 5.97 Å². The van der Waals surface area contributed by atoms with E-state index in [-0.39, 0.29) is 17.0 Å². The lowest BCUT2D eigenvalue weighted by atomic mass is 9.93. The zero-order chi connectivity index (χ0) is 27.7. The zero-order valence-electron chi connectivity index (χ0n) is 22.5. The molecular weight excluding hydrogens is 496 g/mol. The summed E-state index contributed by atoms with van der Waals surface area (Å²) < 4.78 is 7.55. The summed E-state index contributed by atoms with van der Waals surface area (Å²) in [5, 5.41) is 16.9. The van der Waals surface area contributed by atoms with Crippen LogP contribution < -0.4 is 15.1 Å². The molecule has 1 aliphatic rings. The van der Waals surface area contributed by atoms with E-state index in [1.54, 1.807) is 19.2 Å². The number of amides is 2. The van der Waals surface area contributed by atoms with Gasteiger partial charge in [0.05, 0.1) is 18.8 Å². The van der Waals surface area contributed by atoms with Gasteiger partial charge in [-0.25, -0.2) is 19.1 Å². The first-order valence-corrected chi connectivity index (χ1v) is 12.8. The number of nitrogens with one attached hydrogen (secondary N) is 1. The van der Waals surface area contributed by atoms with E-state index in [0.29, 0.717) is 30.4 Å². The maximum absolute atomic E-state index is 12.8. The van der Waals surface area contributed by atoms with Crippen molar-refractivity contribution in [2.75, 3.05) is 48.5 Å². The van der Waals surface area contributed by atoms with Gasteiger partial charge in [0.2, 0.25) is 0 Å². The Bertz CT molecular complexity index is 1500. The van der Waals surface area contributed by atoms with Crippen molar-refractivity contribution in [2.45, 2.75) is 26.2 Å². The summed E-state index contributed by atoms with van der Waals surface area (Å²) in [6.07, 6.45) is 0. The molecule has 0 spiro atoms. The molecule has 0 unspecified atom stereocenters. The summed E-state index contributed by atoms with van der Waals surface area (Å²) in [4.78, 5) is 32.5. The third-order valence-electron chi connectivity index (χ3n) is 6.77. The van der Waals surface area contributed by atoms with E-state index in [9.17, 15) is 9.59 Å². The van der Waals surface area contributed by atoms with Gasteiger partial charge in [-0.15, -0.1) is 5.10 Å². The summed E-state index contributed by atoms with van der Waals surface area (Å²) in [5.74, 6) is 0.464. The molecule has 5 rings (SSSR count). The van der Waals surface area contributed by atoms with Crippen LogP contribution in [0.4, 0.5) is 22.0 Å². The molecular formula is C29H32N6O4. The molecule has 0 aliphatic carbocycles. The molecule has 10 nitrogen and oxygen atoms in total. The van der Waals surface area contributed by atoms with Crippen LogP contribution in [0.2, 0.25) is 0 Å². The molecule has 0 bridgehead atoms. The van der Waals surface area contributed by atoms with Gasteiger partial charge in [-0.3, -0.25) is 4.90 Å². The van der Waals surface area contributed by atoms with Crippen LogP contribution in [-0.2, 0) is 10.2 Å². The smallest absolute Gasteiger partial charge is 0.335 e. The molecule has 202 valence electrons. The first-order chi connectivity index (χ1) is 18.6. The number of anilines is 3. The average Bonchev–Trinajstić information content (AvgIpc) is 3.38. The number of morpholine rings is 1. The lowest BCUT2D eigenvalue weighted by Crippen LogP contribution is -2.37. The van der Waals surface area contributed by atoms with Crippen molar-refractivity contribution in [1.29, 1.82) is 0 Å². The molecule has 1 aliphatic heterocycles. The van der Waals surface area contributed by atoms with E-state index in [4.69, 9.17) is 19.9 Å². The van der Waals surface area contributed by atoms with Crippen LogP contribution in [-0.4, -0.2) is 65.1 Å². The summed E-state index contributed by atoms with van der Waals surface area (Å²) in [5.41, 5.74) is 4.14. The quantitative estimate of drug-likeness (QED) is 0.379. The molecule has 2 amide bonds. The highest BCUT2D eigenvalue weighted by Crippen LogP contribution is 2.31. The fourth-order valence-corrected chi connectivity index (χ4v) is 4.53. The third kappa shape index (κ3) is 5.42. The number of rotatable bonds is 5. The minimum absolute atomic E-state index is 0.103. The summed E-state index contributed by atoms with van der Waals surface area (Å²) in [7, 11) is 1.62. The number of aromatic carboxylic acids is 1. The maximum atomic E-state index is 12.8. The van der Waals surface area contributed by atoms with E-state index in [2.05, 4.69) is 43.1 Å². The van der Waals surface area contributed by atoms with Crippen LogP contribution in [0.1, 0.15) is 36.8 Å². The number of urea groups is 1. The molecule has 0 atom stereocenters. The maximum Gasteiger partial charge on any atom is 0.335 e. The number of ether oxygens (including phenoxy) is 1. The number of aromatic nitrogens is 3. The Balaban J connectivity index is 1.41. The van der Waals surface area contributed by atoms with Gasteiger partial charge in [0.15, 0.2) is 11.6 Å². The predicted molar refractivity (Wildman–Crippen MR) is 151 cm³/mol. The highest BCUT2D eigenvalue weighted by atomic mass is 16.5. The Labute approximate surface area is 226 Å². The first-order valence-electron chi connectivity index (χ1n) is 12.8. The van der Waals surface area contributed by atoms with Gasteiger partial charge in [0.1, 0.15) is 5.52 Å². The molecule has 4 aromatic rings. The Morgan fingerprint density at radius 1 is 0.974 bits per heavy atom. The number of carboxylic acid groups (broad SMARTS) is 1. The predicted octanol–water partition coefficient (Wildman–Crippen LogP) is 4.90. The van der Waals surface area contributed by atoms with Gasteiger partial charge in [0.25, 0.3) is 0 Å². The highest BCUT2D eigenvalue weighted by molar-refractivity contribution is 6.01. The van der Waals surface area contributed by atoms with Crippen molar-refractivity contribution in [3.8, 4) is 11.4 Å². The van der Waals surface area contributed by atoms with Crippen LogP contribution in [0.25, 0.3) is 16.9 Å². The first kappa shape index (κ1) is 26.2. The van der Waals surface area contributed by atoms with Crippen molar-refractivity contribution in [3.63, 3.8) is 0 Å². The summed E-state index contributed by atoms with van der Waals surface area (Å²) in [6.45, 7) is 9.34. The van der Waals surface area contributed by atoms with Crippen LogP contribution in [0.15, 0.2) is 60.7 Å². The molecule has 0 saturated carbocycles. The van der Waals surface area contributed by atoms with E-state index in [1.807, 2.05) is 28.8 Å². The topological polar surface area (TPSA) is 112 Å². The van der Waals surface area contributed by atoms with Crippen LogP contribution in [0.3, 0.4) is 0 Å². The van der Waals surface area contributed by atoms with Crippen molar-refractivity contribution in [2.24, 2.45) is 0 Å². The van der Waals surface area contributed by atoms with Crippen LogP contribution in [0.5, 0.6) is 0 Å². The van der Waals surface area contributed by atoms with Crippen molar-refractivity contribution >= 4 is 34.7 Å². The number of nitrogens with zero attached hydrogens (tertiary/aromatic N) is 5. The Morgan fingerprint density at radius 2 is 1.64 bits per heavy atom. The van der Waals surface area contributed by atoms with Gasteiger partial charge in [0, 0.05) is 48.2 Å². The second-order valence-corrected chi connectivity index (χ2v) is 10.5. The van der Waals surface area contributed by atoms with Crippen molar-refractivity contribution in [1.82, 2.24) is 14.6 Å². The van der Waals surface area contributed by atoms with E-state index >= 15 is 0 Å². The Kier molecular flexibility index (Phi) is 6.96. The van der Waals surface area contributed by atoms with Crippen LogP contribution >= 0.6 is 0 Å². The molecule has 2 N–H and O–H groups in total. The number of fused-ring (bicyclic) bond motifs is 1. The molecule has 2 aromatic heterocycles. The fourth-order valence-electron chi connectivity index (χ4n) is 4.53. The number of hydrogen-bond acceptors (Lipinski definition) is 6. The minimum atomic E-state index is -1.01. The lowest BCUT2D eigenvalue weighted by molar-refractivity contribution is 0.0697. The minimum Gasteiger partial charge on any atom is -0.478 e. The molecule has 39 heavy (non-hydrogen) atoms. The standard InChI is InChI=1S/C29H32N6O4/c1-29(2,3)24-14-13-23-26(34-15-17-39-18-16-34)31-25(32-35(23)24)19-5-9-21(10-6-19)30-28(38)33(4)22-11-7-20(8-12-22)27(36)37/h5-14H,15-18H2,1-4H3,(H,30,38)(H,36,37). The number of carbonyl (C=O) groups excluding carboxylic acids is 1. The highest BCUT2D eigenvalue weighted by Gasteiger charge is 2.24. The van der Waals surface area contributed by atoms with Crippen LogP contribution in [0, 0.1) is 0 Å². The number of carboxylic acids is 1. The monoisotopic (exact) mass is 528 g/mol. The molecule has 0 radical (unpaired) electrons. The Morgan fingerprint density at radius 3 is 2.26 bits per heavy atom. The van der Waals surface area contributed by atoms with E-state index in [1.165, 1.54) is 17.0 Å².